The Morgan fingerprint density at radius 1 is 0.905 bits per heavy atom. The summed E-state index contributed by atoms with van der Waals surface area (Å²) in [5.74, 6) is 0. The monoisotopic (exact) mass is 299 g/mol. The second-order valence-electron chi connectivity index (χ2n) is 5.74. The van der Waals surface area contributed by atoms with Gasteiger partial charge in [-0.3, -0.25) is 0 Å². The van der Waals surface area contributed by atoms with Crippen LogP contribution in [0, 0.1) is 13.8 Å². The molecule has 1 nitrogen and oxygen atoms in total. The van der Waals surface area contributed by atoms with Gasteiger partial charge in [0.2, 0.25) is 0 Å². The average molecular weight is 299 g/mol. The number of thioether (sulfide) groups is 1. The van der Waals surface area contributed by atoms with Gasteiger partial charge in [0.05, 0.1) is 0 Å². The highest BCUT2D eigenvalue weighted by Gasteiger charge is 2.12. The van der Waals surface area contributed by atoms with Crippen LogP contribution in [0.5, 0.6) is 0 Å². The molecule has 0 spiro atoms. The molecule has 0 fully saturated rings. The molecule has 0 amide bonds. The lowest BCUT2D eigenvalue weighted by molar-refractivity contribution is 0.493. The third kappa shape index (κ3) is 4.12. The summed E-state index contributed by atoms with van der Waals surface area (Å²) in [6, 6.07) is 16.2. The summed E-state index contributed by atoms with van der Waals surface area (Å²) in [6.07, 6.45) is 2.11. The SMILES string of the molecule is CSc1ccc(C(C)NC(C)c2ccc(C)cc2C)cc1. The van der Waals surface area contributed by atoms with E-state index in [0.29, 0.717) is 12.1 Å². The fraction of sp³-hybridized carbons (Fsp3) is 0.368. The van der Waals surface area contributed by atoms with E-state index in [1.54, 1.807) is 11.8 Å². The van der Waals surface area contributed by atoms with Crippen molar-refractivity contribution in [2.45, 2.75) is 44.7 Å². The molecule has 0 heterocycles. The predicted molar refractivity (Wildman–Crippen MR) is 94.1 cm³/mol. The van der Waals surface area contributed by atoms with Crippen molar-refractivity contribution in [2.24, 2.45) is 0 Å². The number of hydrogen-bond donors (Lipinski definition) is 1. The van der Waals surface area contributed by atoms with Crippen LogP contribution in [0.3, 0.4) is 0 Å². The highest BCUT2D eigenvalue weighted by Crippen LogP contribution is 2.24. The maximum atomic E-state index is 3.70. The van der Waals surface area contributed by atoms with E-state index in [4.69, 9.17) is 0 Å². The second kappa shape index (κ2) is 7.15. The van der Waals surface area contributed by atoms with Crippen LogP contribution in [0.1, 0.15) is 48.2 Å². The smallest absolute Gasteiger partial charge is 0.0300 e. The van der Waals surface area contributed by atoms with Gasteiger partial charge in [0, 0.05) is 17.0 Å². The summed E-state index contributed by atoms with van der Waals surface area (Å²) >= 11 is 1.78. The Bertz CT molecular complexity index is 589. The zero-order valence-corrected chi connectivity index (χ0v) is 14.4. The van der Waals surface area contributed by atoms with E-state index in [1.165, 1.54) is 27.1 Å². The number of rotatable bonds is 5. The van der Waals surface area contributed by atoms with Crippen molar-refractivity contribution in [3.63, 3.8) is 0 Å². The van der Waals surface area contributed by atoms with E-state index in [1.807, 2.05) is 0 Å². The minimum atomic E-state index is 0.344. The summed E-state index contributed by atoms with van der Waals surface area (Å²) in [4.78, 5) is 1.31. The highest BCUT2D eigenvalue weighted by molar-refractivity contribution is 7.98. The van der Waals surface area contributed by atoms with Gasteiger partial charge in [0.15, 0.2) is 0 Å². The Morgan fingerprint density at radius 3 is 2.14 bits per heavy atom. The van der Waals surface area contributed by atoms with E-state index in [0.717, 1.165) is 0 Å². The highest BCUT2D eigenvalue weighted by atomic mass is 32.2. The largest absolute Gasteiger partial charge is 0.304 e. The third-order valence-corrected chi connectivity index (χ3v) is 4.75. The van der Waals surface area contributed by atoms with E-state index in [9.17, 15) is 0 Å². The second-order valence-corrected chi connectivity index (χ2v) is 6.62. The lowest BCUT2D eigenvalue weighted by atomic mass is 9.99. The van der Waals surface area contributed by atoms with Gasteiger partial charge in [-0.2, -0.15) is 0 Å². The molecule has 21 heavy (non-hydrogen) atoms. The molecule has 1 N–H and O–H groups in total. The molecule has 2 atom stereocenters. The third-order valence-electron chi connectivity index (χ3n) is 4.01. The Labute approximate surface area is 133 Å². The lowest BCUT2D eigenvalue weighted by Crippen LogP contribution is -2.23. The molecular formula is C19H25NS. The van der Waals surface area contributed by atoms with Gasteiger partial charge in [0.1, 0.15) is 0 Å². The van der Waals surface area contributed by atoms with Gasteiger partial charge >= 0.3 is 0 Å². The first-order valence-electron chi connectivity index (χ1n) is 7.48. The van der Waals surface area contributed by atoms with Crippen molar-refractivity contribution < 1.29 is 0 Å². The maximum absolute atomic E-state index is 3.70. The zero-order chi connectivity index (χ0) is 15.4. The number of nitrogens with one attached hydrogen (secondary N) is 1. The summed E-state index contributed by atoms with van der Waals surface area (Å²) in [5, 5.41) is 3.70. The Hall–Kier alpha value is -1.25. The van der Waals surface area contributed by atoms with Crippen molar-refractivity contribution in [1.82, 2.24) is 5.32 Å². The van der Waals surface area contributed by atoms with Crippen LogP contribution in [-0.2, 0) is 0 Å². The van der Waals surface area contributed by atoms with Crippen molar-refractivity contribution in [3.8, 4) is 0 Å². The molecule has 2 aromatic rings. The molecule has 0 radical (unpaired) electrons. The first-order valence-corrected chi connectivity index (χ1v) is 8.71. The van der Waals surface area contributed by atoms with Crippen LogP contribution < -0.4 is 5.32 Å². The summed E-state index contributed by atoms with van der Waals surface area (Å²) in [6.45, 7) is 8.81. The lowest BCUT2D eigenvalue weighted by Gasteiger charge is -2.22. The van der Waals surface area contributed by atoms with Gasteiger partial charge in [-0.1, -0.05) is 35.9 Å². The van der Waals surface area contributed by atoms with Crippen LogP contribution in [-0.4, -0.2) is 6.26 Å². The van der Waals surface area contributed by atoms with E-state index in [-0.39, 0.29) is 0 Å². The number of benzene rings is 2. The molecule has 0 aliphatic rings. The Balaban J connectivity index is 2.08. The molecular weight excluding hydrogens is 274 g/mol. The standard InChI is InChI=1S/C19H25NS/c1-13-6-11-19(14(2)12-13)16(4)20-15(3)17-7-9-18(21-5)10-8-17/h6-12,15-16,20H,1-5H3. The van der Waals surface area contributed by atoms with Crippen LogP contribution in [0.15, 0.2) is 47.4 Å². The van der Waals surface area contributed by atoms with Crippen molar-refractivity contribution >= 4 is 11.8 Å². The normalized spacial score (nSPS) is 14.0. The van der Waals surface area contributed by atoms with Crippen molar-refractivity contribution in [2.75, 3.05) is 6.26 Å². The minimum absolute atomic E-state index is 0.344. The molecule has 0 bridgehead atoms. The topological polar surface area (TPSA) is 12.0 Å². The first-order chi connectivity index (χ1) is 10.0. The maximum Gasteiger partial charge on any atom is 0.0300 e. The van der Waals surface area contributed by atoms with Gasteiger partial charge < -0.3 is 5.32 Å². The van der Waals surface area contributed by atoms with E-state index >= 15 is 0 Å². The van der Waals surface area contributed by atoms with Crippen LogP contribution >= 0.6 is 11.8 Å². The zero-order valence-electron chi connectivity index (χ0n) is 13.6. The number of aryl methyl sites for hydroxylation is 2. The van der Waals surface area contributed by atoms with Gasteiger partial charge in [-0.15, -0.1) is 11.8 Å². The molecule has 2 heteroatoms. The van der Waals surface area contributed by atoms with Gasteiger partial charge in [0.25, 0.3) is 0 Å². The molecule has 0 saturated heterocycles. The Kier molecular flexibility index (Phi) is 5.49. The Morgan fingerprint density at radius 2 is 1.57 bits per heavy atom. The van der Waals surface area contributed by atoms with Crippen molar-refractivity contribution in [1.29, 1.82) is 0 Å². The summed E-state index contributed by atoms with van der Waals surface area (Å²) < 4.78 is 0. The number of hydrogen-bond acceptors (Lipinski definition) is 2. The fourth-order valence-corrected chi connectivity index (χ4v) is 3.17. The van der Waals surface area contributed by atoms with Crippen LogP contribution in [0.2, 0.25) is 0 Å². The van der Waals surface area contributed by atoms with Gasteiger partial charge in [-0.25, -0.2) is 0 Å². The molecule has 0 aliphatic carbocycles. The molecule has 0 aliphatic heterocycles. The van der Waals surface area contributed by atoms with E-state index < -0.39 is 0 Å². The van der Waals surface area contributed by atoms with Crippen LogP contribution in [0.4, 0.5) is 0 Å². The summed E-state index contributed by atoms with van der Waals surface area (Å²) in [7, 11) is 0. The predicted octanol–water partition coefficient (Wildman–Crippen LogP) is 5.44. The quantitative estimate of drug-likeness (QED) is 0.738. The molecule has 112 valence electrons. The molecule has 2 rings (SSSR count). The first kappa shape index (κ1) is 16.1. The van der Waals surface area contributed by atoms with Crippen LogP contribution in [0.25, 0.3) is 0 Å². The average Bonchev–Trinajstić information content (AvgIpc) is 2.47. The van der Waals surface area contributed by atoms with Crippen molar-refractivity contribution in [3.05, 3.63) is 64.7 Å². The fourth-order valence-electron chi connectivity index (χ4n) is 2.77. The van der Waals surface area contributed by atoms with E-state index in [2.05, 4.69) is 81.7 Å². The molecule has 2 aromatic carbocycles. The minimum Gasteiger partial charge on any atom is -0.304 e. The molecule has 2 unspecified atom stereocenters. The molecule has 0 aromatic heterocycles. The summed E-state index contributed by atoms with van der Waals surface area (Å²) in [5.41, 5.74) is 5.40. The van der Waals surface area contributed by atoms with Gasteiger partial charge in [-0.05, 0) is 62.8 Å². The molecule has 0 saturated carbocycles.